The van der Waals surface area contributed by atoms with Gasteiger partial charge in [-0.15, -0.1) is 0 Å². The number of benzene rings is 1. The van der Waals surface area contributed by atoms with Gasteiger partial charge in [0.1, 0.15) is 0 Å². The summed E-state index contributed by atoms with van der Waals surface area (Å²) in [6.07, 6.45) is 2.16. The number of carbonyl (C=O) groups is 1. The number of nitrogens with zero attached hydrogens (tertiary/aromatic N) is 1. The number of carbonyl (C=O) groups excluding carboxylic acids is 1. The molecule has 0 aliphatic carbocycles. The van der Waals surface area contributed by atoms with Crippen LogP contribution in [-0.2, 0) is 16.0 Å². The fraction of sp³-hybridized carbons (Fsp3) is 0.533. The molecule has 1 atom stereocenters. The van der Waals surface area contributed by atoms with Gasteiger partial charge in [-0.2, -0.15) is 0 Å². The van der Waals surface area contributed by atoms with Crippen molar-refractivity contribution < 1.29 is 9.53 Å². The van der Waals surface area contributed by atoms with Crippen LogP contribution in [0.15, 0.2) is 18.2 Å². The molecule has 0 amide bonds. The molecular weight excluding hydrogens is 240 g/mol. The van der Waals surface area contributed by atoms with E-state index in [1.165, 1.54) is 11.3 Å². The van der Waals surface area contributed by atoms with E-state index in [-0.39, 0.29) is 11.9 Å². The summed E-state index contributed by atoms with van der Waals surface area (Å²) in [5, 5.41) is 0. The lowest BCUT2D eigenvalue weighted by molar-refractivity contribution is -0.147. The highest BCUT2D eigenvalue weighted by atomic mass is 16.5. The Morgan fingerprint density at radius 3 is 3.05 bits per heavy atom. The first-order valence-electron chi connectivity index (χ1n) is 6.91. The molecule has 1 aromatic rings. The fourth-order valence-electron chi connectivity index (χ4n) is 2.57. The van der Waals surface area contributed by atoms with Gasteiger partial charge in [-0.3, -0.25) is 4.79 Å². The first-order chi connectivity index (χ1) is 9.11. The maximum atomic E-state index is 11.7. The molecule has 1 heterocycles. The number of hydrogen-bond acceptors (Lipinski definition) is 4. The monoisotopic (exact) mass is 262 g/mol. The van der Waals surface area contributed by atoms with Gasteiger partial charge in [0.25, 0.3) is 0 Å². The second kappa shape index (κ2) is 5.95. The standard InChI is InChI=1S/C15H22N2O2/c1-3-19-15(18)11(2)10-17-8-4-5-12-9-13(16)6-7-14(12)17/h6-7,9,11H,3-5,8,10,16H2,1-2H3. The Labute approximate surface area is 114 Å². The number of anilines is 2. The number of nitrogens with two attached hydrogens (primary N) is 1. The van der Waals surface area contributed by atoms with Crippen LogP contribution in [0.25, 0.3) is 0 Å². The zero-order chi connectivity index (χ0) is 13.8. The summed E-state index contributed by atoms with van der Waals surface area (Å²) in [6.45, 7) is 5.89. The molecule has 1 aliphatic heterocycles. The van der Waals surface area contributed by atoms with Crippen LogP contribution in [0.3, 0.4) is 0 Å². The van der Waals surface area contributed by atoms with E-state index in [2.05, 4.69) is 11.0 Å². The number of esters is 1. The molecule has 1 aromatic carbocycles. The molecule has 0 radical (unpaired) electrons. The summed E-state index contributed by atoms with van der Waals surface area (Å²) in [4.78, 5) is 14.0. The molecule has 0 saturated heterocycles. The van der Waals surface area contributed by atoms with Crippen LogP contribution < -0.4 is 10.6 Å². The number of fused-ring (bicyclic) bond motifs is 1. The Morgan fingerprint density at radius 1 is 1.53 bits per heavy atom. The van der Waals surface area contributed by atoms with Crippen molar-refractivity contribution in [3.8, 4) is 0 Å². The third-order valence-corrected chi connectivity index (χ3v) is 3.50. The van der Waals surface area contributed by atoms with Crippen LogP contribution in [0.4, 0.5) is 11.4 Å². The van der Waals surface area contributed by atoms with Crippen molar-refractivity contribution in [3.63, 3.8) is 0 Å². The van der Waals surface area contributed by atoms with E-state index in [4.69, 9.17) is 10.5 Å². The van der Waals surface area contributed by atoms with Crippen molar-refractivity contribution in [1.29, 1.82) is 0 Å². The highest BCUT2D eigenvalue weighted by molar-refractivity contribution is 5.73. The average Bonchev–Trinajstić information content (AvgIpc) is 2.38. The zero-order valence-electron chi connectivity index (χ0n) is 11.7. The second-order valence-corrected chi connectivity index (χ2v) is 5.09. The molecule has 0 aromatic heterocycles. The lowest BCUT2D eigenvalue weighted by Crippen LogP contribution is -2.36. The minimum absolute atomic E-state index is 0.108. The van der Waals surface area contributed by atoms with Gasteiger partial charge in [-0.25, -0.2) is 0 Å². The highest BCUT2D eigenvalue weighted by Gasteiger charge is 2.22. The Balaban J connectivity index is 2.09. The largest absolute Gasteiger partial charge is 0.466 e. The summed E-state index contributed by atoms with van der Waals surface area (Å²) in [6, 6.07) is 6.02. The molecule has 0 saturated carbocycles. The molecular formula is C15H22N2O2. The van der Waals surface area contributed by atoms with E-state index < -0.39 is 0 Å². The van der Waals surface area contributed by atoms with Crippen LogP contribution in [0.5, 0.6) is 0 Å². The first kappa shape index (κ1) is 13.7. The Kier molecular flexibility index (Phi) is 4.30. The van der Waals surface area contributed by atoms with Crippen molar-refractivity contribution in [3.05, 3.63) is 23.8 Å². The molecule has 2 N–H and O–H groups in total. The van der Waals surface area contributed by atoms with Crippen molar-refractivity contribution >= 4 is 17.3 Å². The summed E-state index contributed by atoms with van der Waals surface area (Å²) in [5.74, 6) is -0.228. The Bertz CT molecular complexity index is 459. The predicted molar refractivity (Wildman–Crippen MR) is 77.2 cm³/mol. The SMILES string of the molecule is CCOC(=O)C(C)CN1CCCc2cc(N)ccc21. The normalized spacial score (nSPS) is 15.8. The van der Waals surface area contributed by atoms with E-state index in [0.717, 1.165) is 25.1 Å². The van der Waals surface area contributed by atoms with Gasteiger partial charge < -0.3 is 15.4 Å². The van der Waals surface area contributed by atoms with Crippen molar-refractivity contribution in [1.82, 2.24) is 0 Å². The third kappa shape index (κ3) is 3.19. The van der Waals surface area contributed by atoms with Gasteiger partial charge in [-0.05, 0) is 43.5 Å². The average molecular weight is 262 g/mol. The van der Waals surface area contributed by atoms with E-state index in [9.17, 15) is 4.79 Å². The van der Waals surface area contributed by atoms with Crippen LogP contribution in [0.1, 0.15) is 25.8 Å². The number of nitrogen functional groups attached to an aromatic ring is 1. The number of hydrogen-bond donors (Lipinski definition) is 1. The van der Waals surface area contributed by atoms with E-state index in [1.807, 2.05) is 26.0 Å². The molecule has 0 spiro atoms. The van der Waals surface area contributed by atoms with Gasteiger partial charge in [0.2, 0.25) is 0 Å². The molecule has 0 fully saturated rings. The number of aryl methyl sites for hydroxylation is 1. The summed E-state index contributed by atoms with van der Waals surface area (Å²) >= 11 is 0. The van der Waals surface area contributed by atoms with Crippen LogP contribution >= 0.6 is 0 Å². The van der Waals surface area contributed by atoms with E-state index in [0.29, 0.717) is 13.2 Å². The Morgan fingerprint density at radius 2 is 2.32 bits per heavy atom. The first-order valence-corrected chi connectivity index (χ1v) is 6.91. The van der Waals surface area contributed by atoms with Gasteiger partial charge in [0.15, 0.2) is 0 Å². The minimum Gasteiger partial charge on any atom is -0.466 e. The molecule has 19 heavy (non-hydrogen) atoms. The molecule has 0 bridgehead atoms. The van der Waals surface area contributed by atoms with Crippen LogP contribution in [0, 0.1) is 5.92 Å². The maximum Gasteiger partial charge on any atom is 0.310 e. The smallest absolute Gasteiger partial charge is 0.310 e. The van der Waals surface area contributed by atoms with Gasteiger partial charge in [0.05, 0.1) is 12.5 Å². The lowest BCUT2D eigenvalue weighted by Gasteiger charge is -2.33. The molecule has 4 heteroatoms. The molecule has 1 unspecified atom stereocenters. The predicted octanol–water partition coefficient (Wildman–Crippen LogP) is 2.22. The second-order valence-electron chi connectivity index (χ2n) is 5.09. The van der Waals surface area contributed by atoms with Crippen LogP contribution in [-0.4, -0.2) is 25.7 Å². The number of rotatable bonds is 4. The van der Waals surface area contributed by atoms with E-state index >= 15 is 0 Å². The zero-order valence-corrected chi connectivity index (χ0v) is 11.7. The van der Waals surface area contributed by atoms with Gasteiger partial charge >= 0.3 is 5.97 Å². The van der Waals surface area contributed by atoms with Crippen molar-refractivity contribution in [2.45, 2.75) is 26.7 Å². The fourth-order valence-corrected chi connectivity index (χ4v) is 2.57. The minimum atomic E-state index is -0.120. The van der Waals surface area contributed by atoms with Gasteiger partial charge in [0, 0.05) is 24.5 Å². The summed E-state index contributed by atoms with van der Waals surface area (Å²) in [5.41, 5.74) is 9.11. The van der Waals surface area contributed by atoms with Crippen molar-refractivity contribution in [2.24, 2.45) is 5.92 Å². The summed E-state index contributed by atoms with van der Waals surface area (Å²) < 4.78 is 5.07. The summed E-state index contributed by atoms with van der Waals surface area (Å²) in [7, 11) is 0. The third-order valence-electron chi connectivity index (χ3n) is 3.50. The molecule has 2 rings (SSSR count). The highest BCUT2D eigenvalue weighted by Crippen LogP contribution is 2.29. The topological polar surface area (TPSA) is 55.6 Å². The molecule has 104 valence electrons. The lowest BCUT2D eigenvalue weighted by atomic mass is 9.99. The maximum absolute atomic E-state index is 11.7. The quantitative estimate of drug-likeness (QED) is 0.667. The van der Waals surface area contributed by atoms with E-state index in [1.54, 1.807) is 0 Å². The Hall–Kier alpha value is -1.71. The van der Waals surface area contributed by atoms with Crippen LogP contribution in [0.2, 0.25) is 0 Å². The molecule has 4 nitrogen and oxygen atoms in total. The van der Waals surface area contributed by atoms with Crippen molar-refractivity contribution in [2.75, 3.05) is 30.3 Å². The molecule has 1 aliphatic rings. The van der Waals surface area contributed by atoms with Gasteiger partial charge in [-0.1, -0.05) is 6.92 Å². The number of ether oxygens (including phenoxy) is 1.